The number of nitrogens with two attached hydrogens (primary N) is 1. The average molecular weight is 206 g/mol. The van der Waals surface area contributed by atoms with E-state index in [-0.39, 0.29) is 0 Å². The summed E-state index contributed by atoms with van der Waals surface area (Å²) in [6.07, 6.45) is 3.58. The van der Waals surface area contributed by atoms with Crippen molar-refractivity contribution in [1.29, 1.82) is 0 Å². The zero-order chi connectivity index (χ0) is 10.9. The lowest BCUT2D eigenvalue weighted by Gasteiger charge is -2.12. The molecule has 0 aliphatic rings. The fraction of sp³-hybridized carbons (Fsp3) is 0.538. The lowest BCUT2D eigenvalue weighted by molar-refractivity contribution is 0.524. The number of benzene rings is 1. The number of hydrogen-bond donors (Lipinski definition) is 2. The Kier molecular flexibility index (Phi) is 6.05. The molecule has 1 aromatic carbocycles. The summed E-state index contributed by atoms with van der Waals surface area (Å²) >= 11 is 0. The second-order valence-corrected chi connectivity index (χ2v) is 4.02. The van der Waals surface area contributed by atoms with Gasteiger partial charge in [0.2, 0.25) is 0 Å². The third-order valence-corrected chi connectivity index (χ3v) is 2.51. The lowest BCUT2D eigenvalue weighted by atomic mass is 10.1. The second-order valence-electron chi connectivity index (χ2n) is 4.02. The fourth-order valence-corrected chi connectivity index (χ4v) is 1.57. The predicted molar refractivity (Wildman–Crippen MR) is 65.6 cm³/mol. The van der Waals surface area contributed by atoms with Crippen LogP contribution < -0.4 is 11.1 Å². The lowest BCUT2D eigenvalue weighted by Crippen LogP contribution is -2.33. The van der Waals surface area contributed by atoms with E-state index in [9.17, 15) is 0 Å². The van der Waals surface area contributed by atoms with Crippen LogP contribution in [0.2, 0.25) is 0 Å². The molecule has 0 spiro atoms. The normalized spacial score (nSPS) is 12.7. The van der Waals surface area contributed by atoms with Crippen molar-refractivity contribution in [3.63, 3.8) is 0 Å². The van der Waals surface area contributed by atoms with E-state index < -0.39 is 0 Å². The summed E-state index contributed by atoms with van der Waals surface area (Å²) in [5, 5.41) is 3.39. The summed E-state index contributed by atoms with van der Waals surface area (Å²) in [5.41, 5.74) is 7.28. The highest BCUT2D eigenvalue weighted by Gasteiger charge is 2.00. The Morgan fingerprint density at radius 3 is 2.67 bits per heavy atom. The monoisotopic (exact) mass is 206 g/mol. The van der Waals surface area contributed by atoms with Gasteiger partial charge < -0.3 is 11.1 Å². The summed E-state index contributed by atoms with van der Waals surface area (Å²) in [6, 6.07) is 10.7. The molecule has 0 bridgehead atoms. The number of unbranched alkanes of at least 4 members (excludes halogenated alkanes) is 1. The first-order chi connectivity index (χ1) is 7.33. The smallest absolute Gasteiger partial charge is 0.0206 e. The molecular formula is C13H22N2. The number of rotatable bonds is 7. The van der Waals surface area contributed by atoms with E-state index in [2.05, 4.69) is 36.5 Å². The minimum Gasteiger partial charge on any atom is -0.327 e. The first-order valence-electron chi connectivity index (χ1n) is 5.83. The molecule has 0 amide bonds. The Hall–Kier alpha value is -0.860. The molecule has 1 rings (SSSR count). The van der Waals surface area contributed by atoms with Gasteiger partial charge in [0, 0.05) is 19.1 Å². The molecule has 0 aromatic heterocycles. The molecule has 15 heavy (non-hydrogen) atoms. The van der Waals surface area contributed by atoms with Gasteiger partial charge in [0.1, 0.15) is 0 Å². The minimum absolute atomic E-state index is 0.300. The molecule has 0 heterocycles. The minimum atomic E-state index is 0.300. The van der Waals surface area contributed by atoms with Gasteiger partial charge in [-0.05, 0) is 12.0 Å². The molecule has 0 radical (unpaired) electrons. The van der Waals surface area contributed by atoms with Crippen LogP contribution in [0, 0.1) is 0 Å². The molecule has 0 saturated carbocycles. The molecule has 2 nitrogen and oxygen atoms in total. The van der Waals surface area contributed by atoms with Gasteiger partial charge in [-0.15, -0.1) is 0 Å². The SMILES string of the molecule is CCCCC(N)CNCc1ccccc1. The van der Waals surface area contributed by atoms with Gasteiger partial charge in [0.25, 0.3) is 0 Å². The van der Waals surface area contributed by atoms with Crippen LogP contribution in [0.15, 0.2) is 30.3 Å². The largest absolute Gasteiger partial charge is 0.327 e. The molecule has 0 aliphatic heterocycles. The first kappa shape index (κ1) is 12.2. The zero-order valence-corrected chi connectivity index (χ0v) is 9.58. The number of nitrogens with one attached hydrogen (secondary N) is 1. The Labute approximate surface area is 92.9 Å². The topological polar surface area (TPSA) is 38.0 Å². The molecule has 1 aromatic rings. The van der Waals surface area contributed by atoms with Gasteiger partial charge in [-0.3, -0.25) is 0 Å². The molecular weight excluding hydrogens is 184 g/mol. The standard InChI is InChI=1S/C13H22N2/c1-2-3-9-13(14)11-15-10-12-7-5-4-6-8-12/h4-8,13,15H,2-3,9-11,14H2,1H3. The van der Waals surface area contributed by atoms with Crippen LogP contribution in [-0.4, -0.2) is 12.6 Å². The van der Waals surface area contributed by atoms with E-state index in [1.54, 1.807) is 0 Å². The van der Waals surface area contributed by atoms with Crippen molar-refractivity contribution in [3.8, 4) is 0 Å². The highest BCUT2D eigenvalue weighted by Crippen LogP contribution is 1.99. The molecule has 1 unspecified atom stereocenters. The molecule has 0 aliphatic carbocycles. The fourth-order valence-electron chi connectivity index (χ4n) is 1.57. The third kappa shape index (κ3) is 5.55. The van der Waals surface area contributed by atoms with Gasteiger partial charge in [0.05, 0.1) is 0 Å². The molecule has 0 saturated heterocycles. The second kappa shape index (κ2) is 7.43. The van der Waals surface area contributed by atoms with Gasteiger partial charge in [0.15, 0.2) is 0 Å². The van der Waals surface area contributed by atoms with Crippen molar-refractivity contribution in [2.75, 3.05) is 6.54 Å². The summed E-state index contributed by atoms with van der Waals surface area (Å²) in [4.78, 5) is 0. The van der Waals surface area contributed by atoms with Crippen LogP contribution in [0.5, 0.6) is 0 Å². The molecule has 2 heteroatoms. The summed E-state index contributed by atoms with van der Waals surface area (Å²) in [7, 11) is 0. The van der Waals surface area contributed by atoms with Crippen LogP contribution in [0.4, 0.5) is 0 Å². The Balaban J connectivity index is 2.11. The number of hydrogen-bond acceptors (Lipinski definition) is 2. The van der Waals surface area contributed by atoms with Gasteiger partial charge in [-0.25, -0.2) is 0 Å². The quantitative estimate of drug-likeness (QED) is 0.718. The van der Waals surface area contributed by atoms with Crippen molar-refractivity contribution in [3.05, 3.63) is 35.9 Å². The van der Waals surface area contributed by atoms with Gasteiger partial charge >= 0.3 is 0 Å². The highest BCUT2D eigenvalue weighted by atomic mass is 14.9. The Morgan fingerprint density at radius 1 is 1.27 bits per heavy atom. The Bertz CT molecular complexity index is 246. The molecule has 1 atom stereocenters. The molecule has 0 fully saturated rings. The van der Waals surface area contributed by atoms with Gasteiger partial charge in [-0.2, -0.15) is 0 Å². The van der Waals surface area contributed by atoms with Gasteiger partial charge in [-0.1, -0.05) is 50.1 Å². The van der Waals surface area contributed by atoms with Crippen molar-refractivity contribution >= 4 is 0 Å². The van der Waals surface area contributed by atoms with Crippen molar-refractivity contribution in [2.45, 2.75) is 38.8 Å². The van der Waals surface area contributed by atoms with Crippen LogP contribution in [0.3, 0.4) is 0 Å². The summed E-state index contributed by atoms with van der Waals surface area (Å²) in [6.45, 7) is 4.03. The van der Waals surface area contributed by atoms with Crippen LogP contribution >= 0.6 is 0 Å². The summed E-state index contributed by atoms with van der Waals surface area (Å²) < 4.78 is 0. The first-order valence-corrected chi connectivity index (χ1v) is 5.83. The van der Waals surface area contributed by atoms with E-state index in [1.165, 1.54) is 18.4 Å². The highest BCUT2D eigenvalue weighted by molar-refractivity contribution is 5.14. The molecule has 3 N–H and O–H groups in total. The average Bonchev–Trinajstić information content (AvgIpc) is 2.28. The predicted octanol–water partition coefficient (Wildman–Crippen LogP) is 2.29. The maximum absolute atomic E-state index is 5.96. The zero-order valence-electron chi connectivity index (χ0n) is 9.58. The van der Waals surface area contributed by atoms with E-state index in [0.29, 0.717) is 6.04 Å². The maximum Gasteiger partial charge on any atom is 0.0206 e. The van der Waals surface area contributed by atoms with E-state index >= 15 is 0 Å². The van der Waals surface area contributed by atoms with Crippen molar-refractivity contribution < 1.29 is 0 Å². The van der Waals surface area contributed by atoms with Crippen LogP contribution in [0.1, 0.15) is 31.7 Å². The van der Waals surface area contributed by atoms with Crippen LogP contribution in [-0.2, 0) is 6.54 Å². The van der Waals surface area contributed by atoms with Crippen molar-refractivity contribution in [1.82, 2.24) is 5.32 Å². The summed E-state index contributed by atoms with van der Waals surface area (Å²) in [5.74, 6) is 0. The van der Waals surface area contributed by atoms with Crippen molar-refractivity contribution in [2.24, 2.45) is 5.73 Å². The van der Waals surface area contributed by atoms with E-state index in [1.807, 2.05) is 6.07 Å². The van der Waals surface area contributed by atoms with E-state index in [0.717, 1.165) is 19.5 Å². The Morgan fingerprint density at radius 2 is 2.00 bits per heavy atom. The maximum atomic E-state index is 5.96. The van der Waals surface area contributed by atoms with Crippen LogP contribution in [0.25, 0.3) is 0 Å². The molecule has 84 valence electrons. The van der Waals surface area contributed by atoms with E-state index in [4.69, 9.17) is 5.73 Å². The third-order valence-electron chi connectivity index (χ3n) is 2.51.